The van der Waals surface area contributed by atoms with Gasteiger partial charge >= 0.3 is 0 Å². The molecule has 0 saturated carbocycles. The maximum atomic E-state index is 4.06. The van der Waals surface area contributed by atoms with Crippen molar-refractivity contribution in [3.63, 3.8) is 0 Å². The van der Waals surface area contributed by atoms with Crippen LogP contribution in [0.4, 0.5) is 0 Å². The van der Waals surface area contributed by atoms with Gasteiger partial charge in [-0.25, -0.2) is 0 Å². The van der Waals surface area contributed by atoms with Crippen molar-refractivity contribution in [2.75, 3.05) is 6.54 Å². The van der Waals surface area contributed by atoms with E-state index in [0.717, 1.165) is 19.4 Å². The molecule has 2 aromatic rings. The fourth-order valence-electron chi connectivity index (χ4n) is 1.84. The molecular formula is C14H18N2S. The second-order valence-corrected chi connectivity index (χ2v) is 5.06. The van der Waals surface area contributed by atoms with E-state index in [9.17, 15) is 0 Å². The number of hydrogen-bond donors (Lipinski definition) is 1. The van der Waals surface area contributed by atoms with E-state index in [4.69, 9.17) is 0 Å². The van der Waals surface area contributed by atoms with Gasteiger partial charge in [0, 0.05) is 23.3 Å². The lowest BCUT2D eigenvalue weighted by Gasteiger charge is -2.17. The van der Waals surface area contributed by atoms with Gasteiger partial charge in [-0.1, -0.05) is 13.0 Å². The summed E-state index contributed by atoms with van der Waals surface area (Å²) in [7, 11) is 0. The highest BCUT2D eigenvalue weighted by Crippen LogP contribution is 2.22. The minimum Gasteiger partial charge on any atom is -0.309 e. The Hall–Kier alpha value is -1.19. The predicted octanol–water partition coefficient (Wildman–Crippen LogP) is 3.43. The van der Waals surface area contributed by atoms with Crippen LogP contribution in [0.15, 0.2) is 42.0 Å². The lowest BCUT2D eigenvalue weighted by molar-refractivity contribution is 0.536. The molecule has 3 heteroatoms. The second-order valence-electron chi connectivity index (χ2n) is 4.08. The van der Waals surface area contributed by atoms with Crippen LogP contribution in [0.2, 0.25) is 0 Å². The van der Waals surface area contributed by atoms with Gasteiger partial charge in [0.25, 0.3) is 0 Å². The van der Waals surface area contributed by atoms with Gasteiger partial charge in [0.1, 0.15) is 0 Å². The van der Waals surface area contributed by atoms with Gasteiger partial charge in [0.15, 0.2) is 0 Å². The standard InChI is InChI=1S/C14H18N2S/c1-2-7-16-13(14-4-3-10-17-14)11-12-5-8-15-9-6-12/h3-6,8-10,13,16H,2,7,11H2,1H3. The molecule has 1 N–H and O–H groups in total. The Bertz CT molecular complexity index is 411. The molecule has 0 amide bonds. The molecule has 2 nitrogen and oxygen atoms in total. The van der Waals surface area contributed by atoms with Crippen LogP contribution >= 0.6 is 11.3 Å². The molecule has 1 unspecified atom stereocenters. The van der Waals surface area contributed by atoms with Crippen LogP contribution in [0.5, 0.6) is 0 Å². The zero-order valence-electron chi connectivity index (χ0n) is 10.1. The van der Waals surface area contributed by atoms with Crippen LogP contribution in [0, 0.1) is 0 Å². The zero-order chi connectivity index (χ0) is 11.9. The van der Waals surface area contributed by atoms with E-state index >= 15 is 0 Å². The van der Waals surface area contributed by atoms with E-state index in [-0.39, 0.29) is 0 Å². The molecule has 2 rings (SSSR count). The highest BCUT2D eigenvalue weighted by atomic mass is 32.1. The first-order chi connectivity index (χ1) is 8.40. The first-order valence-corrected chi connectivity index (χ1v) is 6.94. The van der Waals surface area contributed by atoms with Crippen molar-refractivity contribution in [1.82, 2.24) is 10.3 Å². The lowest BCUT2D eigenvalue weighted by atomic mass is 10.1. The zero-order valence-corrected chi connectivity index (χ0v) is 10.9. The van der Waals surface area contributed by atoms with E-state index in [1.165, 1.54) is 10.4 Å². The minimum absolute atomic E-state index is 0.428. The molecule has 2 aromatic heterocycles. The fraction of sp³-hybridized carbons (Fsp3) is 0.357. The van der Waals surface area contributed by atoms with Crippen LogP contribution in [0.25, 0.3) is 0 Å². The van der Waals surface area contributed by atoms with E-state index in [1.807, 2.05) is 23.7 Å². The van der Waals surface area contributed by atoms with Gasteiger partial charge in [0.05, 0.1) is 0 Å². The summed E-state index contributed by atoms with van der Waals surface area (Å²) < 4.78 is 0. The van der Waals surface area contributed by atoms with Gasteiger partial charge in [-0.05, 0) is 48.5 Å². The van der Waals surface area contributed by atoms with E-state index in [2.05, 4.69) is 46.9 Å². The van der Waals surface area contributed by atoms with Crippen LogP contribution in [-0.2, 0) is 6.42 Å². The molecule has 0 bridgehead atoms. The molecule has 17 heavy (non-hydrogen) atoms. The Labute approximate surface area is 107 Å². The van der Waals surface area contributed by atoms with Gasteiger partial charge in [-0.2, -0.15) is 0 Å². The van der Waals surface area contributed by atoms with Gasteiger partial charge in [0.2, 0.25) is 0 Å². The van der Waals surface area contributed by atoms with Crippen molar-refractivity contribution in [1.29, 1.82) is 0 Å². The maximum Gasteiger partial charge on any atom is 0.0455 e. The van der Waals surface area contributed by atoms with Crippen molar-refractivity contribution in [2.24, 2.45) is 0 Å². The minimum atomic E-state index is 0.428. The van der Waals surface area contributed by atoms with Gasteiger partial charge in [-0.3, -0.25) is 4.98 Å². The maximum absolute atomic E-state index is 4.06. The van der Waals surface area contributed by atoms with E-state index in [1.54, 1.807) is 0 Å². The number of nitrogens with one attached hydrogen (secondary N) is 1. The summed E-state index contributed by atoms with van der Waals surface area (Å²) in [6.45, 7) is 3.26. The third-order valence-electron chi connectivity index (χ3n) is 2.72. The van der Waals surface area contributed by atoms with Crippen molar-refractivity contribution in [3.05, 3.63) is 52.5 Å². The summed E-state index contributed by atoms with van der Waals surface area (Å²) >= 11 is 1.82. The number of aromatic nitrogens is 1. The molecule has 0 aromatic carbocycles. The number of thiophene rings is 1. The lowest BCUT2D eigenvalue weighted by Crippen LogP contribution is -2.23. The van der Waals surface area contributed by atoms with Crippen LogP contribution in [0.3, 0.4) is 0 Å². The van der Waals surface area contributed by atoms with Crippen molar-refractivity contribution >= 4 is 11.3 Å². The first-order valence-electron chi connectivity index (χ1n) is 6.06. The number of nitrogens with zero attached hydrogens (tertiary/aromatic N) is 1. The van der Waals surface area contributed by atoms with E-state index < -0.39 is 0 Å². The molecule has 1 atom stereocenters. The highest BCUT2D eigenvalue weighted by molar-refractivity contribution is 7.10. The van der Waals surface area contributed by atoms with E-state index in [0.29, 0.717) is 6.04 Å². The van der Waals surface area contributed by atoms with Crippen molar-refractivity contribution < 1.29 is 0 Å². The smallest absolute Gasteiger partial charge is 0.0455 e. The average molecular weight is 246 g/mol. The second kappa shape index (κ2) is 6.52. The molecule has 0 aliphatic heterocycles. The van der Waals surface area contributed by atoms with Crippen molar-refractivity contribution in [3.8, 4) is 0 Å². The fourth-order valence-corrected chi connectivity index (χ4v) is 2.64. The highest BCUT2D eigenvalue weighted by Gasteiger charge is 2.12. The largest absolute Gasteiger partial charge is 0.309 e. The van der Waals surface area contributed by atoms with Gasteiger partial charge < -0.3 is 5.32 Å². The molecular weight excluding hydrogens is 228 g/mol. The Morgan fingerprint density at radius 3 is 2.76 bits per heavy atom. The number of pyridine rings is 1. The summed E-state index contributed by atoms with van der Waals surface area (Å²) in [5.41, 5.74) is 1.34. The summed E-state index contributed by atoms with van der Waals surface area (Å²) in [5.74, 6) is 0. The molecule has 0 aliphatic rings. The number of rotatable bonds is 6. The summed E-state index contributed by atoms with van der Waals surface area (Å²) in [4.78, 5) is 5.47. The third kappa shape index (κ3) is 3.65. The quantitative estimate of drug-likeness (QED) is 0.844. The molecule has 0 saturated heterocycles. The molecule has 0 radical (unpaired) electrons. The summed E-state index contributed by atoms with van der Waals surface area (Å²) in [5, 5.41) is 5.75. The van der Waals surface area contributed by atoms with Crippen molar-refractivity contribution in [2.45, 2.75) is 25.8 Å². The van der Waals surface area contributed by atoms with Crippen LogP contribution in [0.1, 0.15) is 29.8 Å². The normalized spacial score (nSPS) is 12.5. The molecule has 0 spiro atoms. The van der Waals surface area contributed by atoms with Crippen LogP contribution in [-0.4, -0.2) is 11.5 Å². The number of hydrogen-bond acceptors (Lipinski definition) is 3. The monoisotopic (exact) mass is 246 g/mol. The Kier molecular flexibility index (Phi) is 4.71. The summed E-state index contributed by atoms with van der Waals surface area (Å²) in [6, 6.07) is 8.94. The molecule has 2 heterocycles. The predicted molar refractivity (Wildman–Crippen MR) is 73.3 cm³/mol. The SMILES string of the molecule is CCCNC(Cc1ccncc1)c1cccs1. The summed E-state index contributed by atoms with van der Waals surface area (Å²) in [6.07, 6.45) is 5.92. The Morgan fingerprint density at radius 2 is 2.12 bits per heavy atom. The Morgan fingerprint density at radius 1 is 1.29 bits per heavy atom. The topological polar surface area (TPSA) is 24.9 Å². The average Bonchev–Trinajstić information content (AvgIpc) is 2.89. The first kappa shape index (κ1) is 12.3. The molecule has 0 aliphatic carbocycles. The molecule has 90 valence electrons. The van der Waals surface area contributed by atoms with Crippen LogP contribution < -0.4 is 5.32 Å². The molecule has 0 fully saturated rings. The third-order valence-corrected chi connectivity index (χ3v) is 3.70. The Balaban J connectivity index is 2.06. The van der Waals surface area contributed by atoms with Gasteiger partial charge in [-0.15, -0.1) is 11.3 Å².